The third-order valence-corrected chi connectivity index (χ3v) is 3.53. The Balaban J connectivity index is 2.02. The standard InChI is InChI=1S/C15H16N2O3/c1-10-2-3-11-9-13(16-14(18)12(11)8-10)15(19)17-4-6-20-7-5-17/h2-3,8-9H,4-7H2,1H3,(H,16,18). The Hall–Kier alpha value is -2.14. The number of hydrogen-bond acceptors (Lipinski definition) is 3. The second kappa shape index (κ2) is 5.09. The lowest BCUT2D eigenvalue weighted by Crippen LogP contribution is -2.41. The minimum absolute atomic E-state index is 0.145. The van der Waals surface area contributed by atoms with Crippen molar-refractivity contribution in [1.82, 2.24) is 9.88 Å². The number of aryl methyl sites for hydroxylation is 1. The maximum atomic E-state index is 12.4. The lowest BCUT2D eigenvalue weighted by atomic mass is 10.1. The molecule has 2 aromatic rings. The third kappa shape index (κ3) is 2.32. The molecular formula is C15H16N2O3. The summed E-state index contributed by atoms with van der Waals surface area (Å²) < 4.78 is 5.23. The number of H-pyrrole nitrogens is 1. The quantitative estimate of drug-likeness (QED) is 0.851. The van der Waals surface area contributed by atoms with Gasteiger partial charge in [0.25, 0.3) is 11.5 Å². The SMILES string of the molecule is Cc1ccc2cc(C(=O)N3CCOCC3)[nH]c(=O)c2c1. The van der Waals surface area contributed by atoms with E-state index in [2.05, 4.69) is 4.98 Å². The average Bonchev–Trinajstić information content (AvgIpc) is 2.48. The number of aromatic amines is 1. The number of pyridine rings is 1. The predicted octanol–water partition coefficient (Wildman–Crippen LogP) is 1.31. The number of benzene rings is 1. The summed E-state index contributed by atoms with van der Waals surface area (Å²) in [6.07, 6.45) is 0. The number of rotatable bonds is 1. The van der Waals surface area contributed by atoms with Gasteiger partial charge >= 0.3 is 0 Å². The Bertz CT molecular complexity index is 715. The van der Waals surface area contributed by atoms with Gasteiger partial charge in [0.15, 0.2) is 0 Å². The second-order valence-electron chi connectivity index (χ2n) is 5.01. The molecule has 3 rings (SSSR count). The van der Waals surface area contributed by atoms with Gasteiger partial charge in [0.2, 0.25) is 0 Å². The predicted molar refractivity (Wildman–Crippen MR) is 76.0 cm³/mol. The number of morpholine rings is 1. The normalized spacial score (nSPS) is 15.6. The van der Waals surface area contributed by atoms with Crippen LogP contribution in [0.2, 0.25) is 0 Å². The fourth-order valence-corrected chi connectivity index (χ4v) is 2.43. The van der Waals surface area contributed by atoms with Crippen molar-refractivity contribution in [2.75, 3.05) is 26.3 Å². The molecule has 1 aromatic heterocycles. The van der Waals surface area contributed by atoms with Gasteiger partial charge in [-0.3, -0.25) is 9.59 Å². The highest BCUT2D eigenvalue weighted by Gasteiger charge is 2.19. The van der Waals surface area contributed by atoms with Crippen molar-refractivity contribution < 1.29 is 9.53 Å². The van der Waals surface area contributed by atoms with E-state index in [1.807, 2.05) is 25.1 Å². The van der Waals surface area contributed by atoms with Crippen LogP contribution in [0.15, 0.2) is 29.1 Å². The van der Waals surface area contributed by atoms with E-state index in [1.54, 1.807) is 11.0 Å². The number of carbonyl (C=O) groups is 1. The largest absolute Gasteiger partial charge is 0.378 e. The number of ether oxygens (including phenoxy) is 1. The highest BCUT2D eigenvalue weighted by atomic mass is 16.5. The first-order valence-corrected chi connectivity index (χ1v) is 6.66. The van der Waals surface area contributed by atoms with Crippen molar-refractivity contribution in [3.8, 4) is 0 Å². The smallest absolute Gasteiger partial charge is 0.270 e. The zero-order chi connectivity index (χ0) is 14.1. The molecule has 0 aliphatic carbocycles. The van der Waals surface area contributed by atoms with Gasteiger partial charge in [-0.2, -0.15) is 0 Å². The molecule has 5 heteroatoms. The van der Waals surface area contributed by atoms with E-state index < -0.39 is 0 Å². The molecule has 0 spiro atoms. The van der Waals surface area contributed by atoms with Gasteiger partial charge in [-0.1, -0.05) is 17.7 Å². The lowest BCUT2D eigenvalue weighted by Gasteiger charge is -2.26. The molecule has 0 radical (unpaired) electrons. The summed E-state index contributed by atoms with van der Waals surface area (Å²) >= 11 is 0. The number of carbonyl (C=O) groups excluding carboxylic acids is 1. The molecule has 5 nitrogen and oxygen atoms in total. The highest BCUT2D eigenvalue weighted by molar-refractivity contribution is 5.96. The summed E-state index contributed by atoms with van der Waals surface area (Å²) in [6, 6.07) is 7.38. The van der Waals surface area contributed by atoms with Crippen LogP contribution < -0.4 is 5.56 Å². The fraction of sp³-hybridized carbons (Fsp3) is 0.333. The molecule has 1 amide bonds. The summed E-state index contributed by atoms with van der Waals surface area (Å²) in [7, 11) is 0. The topological polar surface area (TPSA) is 62.4 Å². The lowest BCUT2D eigenvalue weighted by molar-refractivity contribution is 0.0299. The monoisotopic (exact) mass is 272 g/mol. The van der Waals surface area contributed by atoms with Crippen molar-refractivity contribution in [2.24, 2.45) is 0 Å². The fourth-order valence-electron chi connectivity index (χ4n) is 2.43. The van der Waals surface area contributed by atoms with Crippen molar-refractivity contribution >= 4 is 16.7 Å². The molecular weight excluding hydrogens is 256 g/mol. The number of amides is 1. The summed E-state index contributed by atoms with van der Waals surface area (Å²) in [5.41, 5.74) is 1.14. The molecule has 1 saturated heterocycles. The molecule has 0 bridgehead atoms. The van der Waals surface area contributed by atoms with Gasteiger partial charge in [0, 0.05) is 18.5 Å². The van der Waals surface area contributed by atoms with Gasteiger partial charge < -0.3 is 14.6 Å². The highest BCUT2D eigenvalue weighted by Crippen LogP contribution is 2.14. The first-order chi connectivity index (χ1) is 9.65. The summed E-state index contributed by atoms with van der Waals surface area (Å²) in [4.78, 5) is 28.8. The Kier molecular flexibility index (Phi) is 3.28. The molecule has 1 aromatic carbocycles. The minimum Gasteiger partial charge on any atom is -0.378 e. The Labute approximate surface area is 116 Å². The van der Waals surface area contributed by atoms with Crippen molar-refractivity contribution in [3.63, 3.8) is 0 Å². The van der Waals surface area contributed by atoms with E-state index in [1.165, 1.54) is 0 Å². The summed E-state index contributed by atoms with van der Waals surface area (Å²) in [5, 5.41) is 1.40. The number of nitrogens with zero attached hydrogens (tertiary/aromatic N) is 1. The van der Waals surface area contributed by atoms with Gasteiger partial charge in [0.1, 0.15) is 5.69 Å². The van der Waals surface area contributed by atoms with E-state index in [0.717, 1.165) is 10.9 Å². The molecule has 0 atom stereocenters. The van der Waals surface area contributed by atoms with Gasteiger partial charge in [0.05, 0.1) is 13.2 Å². The number of aromatic nitrogens is 1. The van der Waals surface area contributed by atoms with E-state index in [4.69, 9.17) is 4.74 Å². The van der Waals surface area contributed by atoms with Gasteiger partial charge in [-0.05, 0) is 24.4 Å². The maximum absolute atomic E-state index is 12.4. The Morgan fingerprint density at radius 3 is 2.75 bits per heavy atom. The molecule has 1 aliphatic heterocycles. The van der Waals surface area contributed by atoms with E-state index in [0.29, 0.717) is 37.4 Å². The molecule has 0 saturated carbocycles. The van der Waals surface area contributed by atoms with E-state index in [-0.39, 0.29) is 11.5 Å². The van der Waals surface area contributed by atoms with Gasteiger partial charge in [-0.15, -0.1) is 0 Å². The Morgan fingerprint density at radius 2 is 2.00 bits per heavy atom. The molecule has 1 aliphatic rings. The zero-order valence-corrected chi connectivity index (χ0v) is 11.3. The van der Waals surface area contributed by atoms with Crippen molar-refractivity contribution in [2.45, 2.75) is 6.92 Å². The second-order valence-corrected chi connectivity index (χ2v) is 5.01. The first kappa shape index (κ1) is 12.9. The maximum Gasteiger partial charge on any atom is 0.270 e. The first-order valence-electron chi connectivity index (χ1n) is 6.66. The number of hydrogen-bond donors (Lipinski definition) is 1. The molecule has 104 valence electrons. The van der Waals surface area contributed by atoms with Gasteiger partial charge in [-0.25, -0.2) is 0 Å². The number of fused-ring (bicyclic) bond motifs is 1. The molecule has 0 unspecified atom stereocenters. The minimum atomic E-state index is -0.220. The van der Waals surface area contributed by atoms with Crippen LogP contribution in [0.3, 0.4) is 0 Å². The molecule has 1 fully saturated rings. The van der Waals surface area contributed by atoms with Crippen LogP contribution in [0.5, 0.6) is 0 Å². The zero-order valence-electron chi connectivity index (χ0n) is 11.3. The van der Waals surface area contributed by atoms with E-state index in [9.17, 15) is 9.59 Å². The Morgan fingerprint density at radius 1 is 1.25 bits per heavy atom. The molecule has 1 N–H and O–H groups in total. The van der Waals surface area contributed by atoms with Crippen molar-refractivity contribution in [3.05, 3.63) is 45.9 Å². The number of nitrogens with one attached hydrogen (secondary N) is 1. The third-order valence-electron chi connectivity index (χ3n) is 3.53. The molecule has 20 heavy (non-hydrogen) atoms. The average molecular weight is 272 g/mol. The van der Waals surface area contributed by atoms with Crippen LogP contribution >= 0.6 is 0 Å². The van der Waals surface area contributed by atoms with Crippen LogP contribution in [0, 0.1) is 6.92 Å². The van der Waals surface area contributed by atoms with Crippen LogP contribution in [-0.4, -0.2) is 42.1 Å². The summed E-state index contributed by atoms with van der Waals surface area (Å²) in [5.74, 6) is -0.145. The van der Waals surface area contributed by atoms with Crippen molar-refractivity contribution in [1.29, 1.82) is 0 Å². The van der Waals surface area contributed by atoms with E-state index >= 15 is 0 Å². The van der Waals surface area contributed by atoms with Crippen LogP contribution in [0.1, 0.15) is 16.1 Å². The van der Waals surface area contributed by atoms with Crippen LogP contribution in [-0.2, 0) is 4.74 Å². The van der Waals surface area contributed by atoms with Crippen LogP contribution in [0.25, 0.3) is 10.8 Å². The molecule has 2 heterocycles. The van der Waals surface area contributed by atoms with Crippen LogP contribution in [0.4, 0.5) is 0 Å². The summed E-state index contributed by atoms with van der Waals surface area (Å²) in [6.45, 7) is 4.15.